The summed E-state index contributed by atoms with van der Waals surface area (Å²) >= 11 is 3.36. The highest BCUT2D eigenvalue weighted by atomic mass is 79.9. The maximum Gasteiger partial charge on any atom is 0.214 e. The maximum absolute atomic E-state index is 11.8. The van der Waals surface area contributed by atoms with E-state index in [0.717, 1.165) is 22.9 Å². The molecule has 1 fully saturated rings. The molecule has 0 aromatic heterocycles. The van der Waals surface area contributed by atoms with E-state index in [4.69, 9.17) is 0 Å². The Morgan fingerprint density at radius 1 is 1.19 bits per heavy atom. The predicted octanol–water partition coefficient (Wildman–Crippen LogP) is 2.37. The van der Waals surface area contributed by atoms with Crippen LogP contribution in [0.1, 0.15) is 18.4 Å². The predicted molar refractivity (Wildman–Crippen MR) is 67.6 cm³/mol. The van der Waals surface area contributed by atoms with Gasteiger partial charge in [0.2, 0.25) is 10.0 Å². The molecule has 0 aliphatic carbocycles. The number of halogens is 1. The average molecular weight is 304 g/mol. The van der Waals surface area contributed by atoms with E-state index in [0.29, 0.717) is 18.8 Å². The molecule has 1 aliphatic rings. The molecule has 1 saturated heterocycles. The molecule has 0 radical (unpaired) electrons. The lowest BCUT2D eigenvalue weighted by molar-refractivity contribution is 0.378. The van der Waals surface area contributed by atoms with Crippen molar-refractivity contribution < 1.29 is 8.42 Å². The summed E-state index contributed by atoms with van der Waals surface area (Å²) < 4.78 is 26.1. The lowest BCUT2D eigenvalue weighted by Crippen LogP contribution is -2.37. The van der Waals surface area contributed by atoms with Gasteiger partial charge in [0.05, 0.1) is 5.75 Å². The molecular weight excluding hydrogens is 290 g/mol. The lowest BCUT2D eigenvalue weighted by atomic mass is 10.2. The van der Waals surface area contributed by atoms with Gasteiger partial charge < -0.3 is 0 Å². The zero-order chi connectivity index (χ0) is 11.6. The first-order valence-corrected chi connectivity index (χ1v) is 7.70. The van der Waals surface area contributed by atoms with Gasteiger partial charge in [-0.05, 0) is 30.5 Å². The quantitative estimate of drug-likeness (QED) is 0.841. The molecule has 0 amide bonds. The summed E-state index contributed by atoms with van der Waals surface area (Å²) in [6.07, 6.45) is 1.76. The van der Waals surface area contributed by atoms with Gasteiger partial charge in [-0.1, -0.05) is 28.1 Å². The third-order valence-electron chi connectivity index (χ3n) is 2.73. The smallest absolute Gasteiger partial charge is 0.212 e. The van der Waals surface area contributed by atoms with Crippen LogP contribution in [0.15, 0.2) is 28.7 Å². The number of rotatable bonds is 2. The Kier molecular flexibility index (Phi) is 3.66. The summed E-state index contributed by atoms with van der Waals surface area (Å²) in [5.74, 6) is 0.295. The van der Waals surface area contributed by atoms with Gasteiger partial charge in [-0.3, -0.25) is 0 Å². The largest absolute Gasteiger partial charge is 0.214 e. The number of nitrogens with zero attached hydrogens (tertiary/aromatic N) is 1. The molecule has 0 unspecified atom stereocenters. The SMILES string of the molecule is O=S1(=O)CCCCN1Cc1ccc(Br)cc1. The zero-order valence-corrected chi connectivity index (χ0v) is 11.3. The van der Waals surface area contributed by atoms with Crippen molar-refractivity contribution in [3.63, 3.8) is 0 Å². The summed E-state index contributed by atoms with van der Waals surface area (Å²) in [4.78, 5) is 0. The fraction of sp³-hybridized carbons (Fsp3) is 0.455. The van der Waals surface area contributed by atoms with Crippen molar-refractivity contribution >= 4 is 26.0 Å². The molecule has 0 atom stereocenters. The third-order valence-corrected chi connectivity index (χ3v) is 5.16. The number of benzene rings is 1. The molecule has 0 spiro atoms. The molecule has 0 N–H and O–H groups in total. The first-order chi connectivity index (χ1) is 7.58. The normalized spacial score (nSPS) is 20.8. The van der Waals surface area contributed by atoms with Gasteiger partial charge in [0.25, 0.3) is 0 Å². The Balaban J connectivity index is 2.11. The highest BCUT2D eigenvalue weighted by Gasteiger charge is 2.25. The number of sulfonamides is 1. The summed E-state index contributed by atoms with van der Waals surface area (Å²) in [6, 6.07) is 7.78. The van der Waals surface area contributed by atoms with E-state index in [1.165, 1.54) is 0 Å². The van der Waals surface area contributed by atoms with E-state index in [9.17, 15) is 8.42 Å². The average Bonchev–Trinajstić information content (AvgIpc) is 2.24. The molecule has 1 aliphatic heterocycles. The van der Waals surface area contributed by atoms with E-state index >= 15 is 0 Å². The Morgan fingerprint density at radius 2 is 1.88 bits per heavy atom. The summed E-state index contributed by atoms with van der Waals surface area (Å²) in [5.41, 5.74) is 1.04. The van der Waals surface area contributed by atoms with E-state index in [1.807, 2.05) is 24.3 Å². The van der Waals surface area contributed by atoms with Crippen LogP contribution in [0.4, 0.5) is 0 Å². The van der Waals surface area contributed by atoms with Crippen molar-refractivity contribution in [1.29, 1.82) is 0 Å². The fourth-order valence-electron chi connectivity index (χ4n) is 1.81. The molecule has 3 nitrogen and oxygen atoms in total. The minimum absolute atomic E-state index is 0.295. The van der Waals surface area contributed by atoms with Crippen LogP contribution in [0.2, 0.25) is 0 Å². The Morgan fingerprint density at radius 3 is 2.50 bits per heavy atom. The van der Waals surface area contributed by atoms with E-state index in [2.05, 4.69) is 15.9 Å². The minimum atomic E-state index is -3.01. The van der Waals surface area contributed by atoms with Gasteiger partial charge in [-0.2, -0.15) is 4.31 Å². The number of hydrogen-bond acceptors (Lipinski definition) is 2. The van der Waals surface area contributed by atoms with Crippen LogP contribution in [0.3, 0.4) is 0 Å². The van der Waals surface area contributed by atoms with Gasteiger partial charge in [-0.15, -0.1) is 0 Å². The summed E-state index contributed by atoms with van der Waals surface area (Å²) in [5, 5.41) is 0. The van der Waals surface area contributed by atoms with Gasteiger partial charge in [0, 0.05) is 17.6 Å². The molecule has 1 aromatic rings. The Hall–Kier alpha value is -0.390. The summed E-state index contributed by atoms with van der Waals surface area (Å²) in [6.45, 7) is 1.15. The van der Waals surface area contributed by atoms with Crippen LogP contribution in [0.5, 0.6) is 0 Å². The van der Waals surface area contributed by atoms with Gasteiger partial charge >= 0.3 is 0 Å². The van der Waals surface area contributed by atoms with Gasteiger partial charge in [-0.25, -0.2) is 8.42 Å². The second-order valence-corrected chi connectivity index (χ2v) is 6.99. The highest BCUT2D eigenvalue weighted by Crippen LogP contribution is 2.18. The zero-order valence-electron chi connectivity index (χ0n) is 8.89. The number of hydrogen-bond donors (Lipinski definition) is 0. The van der Waals surface area contributed by atoms with Crippen LogP contribution < -0.4 is 0 Å². The van der Waals surface area contributed by atoms with Crippen LogP contribution in [0, 0.1) is 0 Å². The van der Waals surface area contributed by atoms with Crippen molar-refractivity contribution in [3.8, 4) is 0 Å². The molecule has 1 heterocycles. The first kappa shape index (κ1) is 12.1. The lowest BCUT2D eigenvalue weighted by Gasteiger charge is -2.26. The minimum Gasteiger partial charge on any atom is -0.212 e. The molecule has 2 rings (SSSR count). The summed E-state index contributed by atoms with van der Waals surface area (Å²) in [7, 11) is -3.01. The van der Waals surface area contributed by atoms with Gasteiger partial charge in [0.1, 0.15) is 0 Å². The highest BCUT2D eigenvalue weighted by molar-refractivity contribution is 9.10. The third kappa shape index (κ3) is 2.84. The van der Waals surface area contributed by atoms with Crippen molar-refractivity contribution in [2.45, 2.75) is 19.4 Å². The van der Waals surface area contributed by atoms with Crippen molar-refractivity contribution in [2.24, 2.45) is 0 Å². The maximum atomic E-state index is 11.8. The molecule has 1 aromatic carbocycles. The van der Waals surface area contributed by atoms with E-state index < -0.39 is 10.0 Å². The fourth-order valence-corrected chi connectivity index (χ4v) is 3.66. The standard InChI is InChI=1S/C11H14BrNO2S/c12-11-5-3-10(4-6-11)9-13-7-1-2-8-16(13,14)15/h3-6H,1-2,7-9H2. The second kappa shape index (κ2) is 4.85. The van der Waals surface area contributed by atoms with Crippen molar-refractivity contribution in [3.05, 3.63) is 34.3 Å². The molecular formula is C11H14BrNO2S. The molecule has 16 heavy (non-hydrogen) atoms. The Bertz CT molecular complexity index is 455. The molecule has 0 bridgehead atoms. The van der Waals surface area contributed by atoms with Crippen molar-refractivity contribution in [1.82, 2.24) is 4.31 Å². The van der Waals surface area contributed by atoms with Gasteiger partial charge in [0.15, 0.2) is 0 Å². The topological polar surface area (TPSA) is 37.4 Å². The van der Waals surface area contributed by atoms with E-state index in [-0.39, 0.29) is 0 Å². The Labute approximate surface area is 105 Å². The van der Waals surface area contributed by atoms with Crippen LogP contribution in [0.25, 0.3) is 0 Å². The monoisotopic (exact) mass is 303 g/mol. The first-order valence-electron chi connectivity index (χ1n) is 5.30. The second-order valence-electron chi connectivity index (χ2n) is 3.98. The van der Waals surface area contributed by atoms with Crippen LogP contribution in [-0.2, 0) is 16.6 Å². The molecule has 5 heteroatoms. The van der Waals surface area contributed by atoms with Crippen molar-refractivity contribution in [2.75, 3.05) is 12.3 Å². The van der Waals surface area contributed by atoms with Crippen LogP contribution >= 0.6 is 15.9 Å². The van der Waals surface area contributed by atoms with E-state index in [1.54, 1.807) is 4.31 Å². The molecule has 88 valence electrons. The van der Waals surface area contributed by atoms with Crippen LogP contribution in [-0.4, -0.2) is 25.0 Å². The molecule has 0 saturated carbocycles.